The van der Waals surface area contributed by atoms with E-state index in [0.29, 0.717) is 13.1 Å². The van der Waals surface area contributed by atoms with Gasteiger partial charge in [0.05, 0.1) is 0 Å². The van der Waals surface area contributed by atoms with E-state index in [1.165, 1.54) is 31.5 Å². The molecule has 2 heterocycles. The Labute approximate surface area is 186 Å². The Morgan fingerprint density at radius 2 is 1.80 bits per heavy atom. The van der Waals surface area contributed by atoms with E-state index in [1.54, 1.807) is 0 Å². The summed E-state index contributed by atoms with van der Waals surface area (Å²) in [4.78, 5) is 29.7. The molecule has 1 atom stereocenters. The molecular weight excluding hydrogens is 394 g/mol. The molecule has 6 heteroatoms. The van der Waals surface area contributed by atoms with Gasteiger partial charge in [0.1, 0.15) is 0 Å². The highest BCUT2D eigenvalue weighted by atomic mass is 32.2. The van der Waals surface area contributed by atoms with Gasteiger partial charge >= 0.3 is 0 Å². The molecule has 30 heavy (non-hydrogen) atoms. The lowest BCUT2D eigenvalue weighted by Crippen LogP contribution is -2.45. The molecule has 0 radical (unpaired) electrons. The van der Waals surface area contributed by atoms with Crippen molar-refractivity contribution in [3.63, 3.8) is 0 Å². The molecule has 2 saturated heterocycles. The fourth-order valence-corrected chi connectivity index (χ4v) is 5.38. The van der Waals surface area contributed by atoms with Crippen LogP contribution in [0.2, 0.25) is 0 Å². The van der Waals surface area contributed by atoms with E-state index in [9.17, 15) is 9.59 Å². The van der Waals surface area contributed by atoms with E-state index in [-0.39, 0.29) is 23.7 Å². The molecule has 2 aliphatic rings. The molecule has 2 aliphatic heterocycles. The lowest BCUT2D eigenvalue weighted by molar-refractivity contribution is -0.138. The van der Waals surface area contributed by atoms with Crippen LogP contribution < -0.4 is 5.32 Å². The highest BCUT2D eigenvalue weighted by molar-refractivity contribution is 7.98. The number of nitrogens with one attached hydrogen (secondary N) is 1. The molecular formula is C24H37N3O2S. The van der Waals surface area contributed by atoms with E-state index in [2.05, 4.69) is 34.5 Å². The van der Waals surface area contributed by atoms with Gasteiger partial charge in [0.2, 0.25) is 11.8 Å². The molecule has 1 aromatic carbocycles. The molecule has 1 N–H and O–H groups in total. The number of carbonyl (C=O) groups is 2. The fraction of sp³-hybridized carbons (Fsp3) is 0.667. The largest absolute Gasteiger partial charge is 0.356 e. The lowest BCUT2D eigenvalue weighted by Gasteiger charge is -2.33. The third-order valence-corrected chi connectivity index (χ3v) is 7.50. The van der Waals surface area contributed by atoms with Crippen molar-refractivity contribution in [1.82, 2.24) is 15.1 Å². The summed E-state index contributed by atoms with van der Waals surface area (Å²) >= 11 is 1.82. The molecule has 1 aromatic rings. The topological polar surface area (TPSA) is 52.7 Å². The zero-order valence-corrected chi connectivity index (χ0v) is 19.2. The number of carbonyl (C=O) groups excluding carboxylic acids is 2. The predicted molar refractivity (Wildman–Crippen MR) is 124 cm³/mol. The Kier molecular flexibility index (Phi) is 9.53. The Hall–Kier alpha value is -1.53. The summed E-state index contributed by atoms with van der Waals surface area (Å²) in [6, 6.07) is 10.4. The number of hydrogen-bond acceptors (Lipinski definition) is 4. The Morgan fingerprint density at radius 3 is 2.50 bits per heavy atom. The molecule has 2 fully saturated rings. The Bertz CT molecular complexity index is 656. The number of likely N-dealkylation sites (tertiary alicyclic amines) is 2. The average Bonchev–Trinajstić information content (AvgIpc) is 3.30. The molecule has 3 rings (SSSR count). The van der Waals surface area contributed by atoms with E-state index in [1.807, 2.05) is 29.7 Å². The number of thioether (sulfide) groups is 1. The summed E-state index contributed by atoms with van der Waals surface area (Å²) in [6.45, 7) is 7.72. The number of rotatable bonds is 10. The first-order chi connectivity index (χ1) is 14.6. The maximum Gasteiger partial charge on any atom is 0.226 e. The van der Waals surface area contributed by atoms with Crippen molar-refractivity contribution in [1.29, 1.82) is 0 Å². The second kappa shape index (κ2) is 12.4. The van der Waals surface area contributed by atoms with Gasteiger partial charge in [-0.15, -0.1) is 0 Å². The smallest absolute Gasteiger partial charge is 0.226 e. The zero-order valence-electron chi connectivity index (χ0n) is 18.4. The second-order valence-corrected chi connectivity index (χ2v) is 9.72. The van der Waals surface area contributed by atoms with Crippen LogP contribution in [0, 0.1) is 11.8 Å². The highest BCUT2D eigenvalue weighted by Gasteiger charge is 2.29. The van der Waals surface area contributed by atoms with Crippen molar-refractivity contribution in [3.05, 3.63) is 35.9 Å². The summed E-state index contributed by atoms with van der Waals surface area (Å²) in [5.74, 6) is 2.28. The number of hydrogen-bond donors (Lipinski definition) is 1. The summed E-state index contributed by atoms with van der Waals surface area (Å²) in [6.07, 6.45) is 5.23. The summed E-state index contributed by atoms with van der Waals surface area (Å²) in [5.41, 5.74) is 1.30. The van der Waals surface area contributed by atoms with Crippen LogP contribution in [0.15, 0.2) is 30.3 Å². The van der Waals surface area contributed by atoms with Crippen LogP contribution >= 0.6 is 11.8 Å². The van der Waals surface area contributed by atoms with Crippen molar-refractivity contribution in [2.75, 3.05) is 45.0 Å². The first kappa shape index (κ1) is 23.1. The molecule has 166 valence electrons. The van der Waals surface area contributed by atoms with Crippen molar-refractivity contribution in [3.8, 4) is 0 Å². The van der Waals surface area contributed by atoms with Crippen molar-refractivity contribution in [2.45, 2.75) is 44.8 Å². The summed E-state index contributed by atoms with van der Waals surface area (Å²) in [7, 11) is 0. The van der Waals surface area contributed by atoms with E-state index < -0.39 is 0 Å². The minimum absolute atomic E-state index is 0.0228. The molecule has 5 nitrogen and oxygen atoms in total. The molecule has 0 spiro atoms. The van der Waals surface area contributed by atoms with Crippen molar-refractivity contribution >= 4 is 23.6 Å². The number of nitrogens with zero attached hydrogens (tertiary/aromatic N) is 2. The van der Waals surface area contributed by atoms with E-state index >= 15 is 0 Å². The average molecular weight is 432 g/mol. The number of benzene rings is 1. The maximum absolute atomic E-state index is 12.8. The zero-order chi connectivity index (χ0) is 21.2. The van der Waals surface area contributed by atoms with Crippen LogP contribution in [0.25, 0.3) is 0 Å². The molecule has 0 unspecified atom stereocenters. The third kappa shape index (κ3) is 7.31. The molecule has 0 aromatic heterocycles. The quantitative estimate of drug-likeness (QED) is 0.577. The first-order valence-electron chi connectivity index (χ1n) is 11.5. The summed E-state index contributed by atoms with van der Waals surface area (Å²) in [5, 5.41) is 3.11. The molecule has 2 amide bonds. The van der Waals surface area contributed by atoms with Gasteiger partial charge in [0.15, 0.2) is 0 Å². The van der Waals surface area contributed by atoms with Gasteiger partial charge in [0, 0.05) is 43.0 Å². The van der Waals surface area contributed by atoms with Crippen molar-refractivity contribution < 1.29 is 9.59 Å². The van der Waals surface area contributed by atoms with Crippen LogP contribution in [0.3, 0.4) is 0 Å². The minimum Gasteiger partial charge on any atom is -0.356 e. The first-order valence-corrected chi connectivity index (χ1v) is 12.7. The molecule has 0 aliphatic carbocycles. The standard InChI is InChI=1S/C24H37N3O2S/c1-20(18-30-19-21-8-3-2-4-9-21)24(29)27-16-10-22(11-17-27)23(28)25-12-7-15-26-13-5-6-14-26/h2-4,8-9,20,22H,5-7,10-19H2,1H3,(H,25,28)/t20-/m1/s1. The van der Waals surface area contributed by atoms with Gasteiger partial charge in [-0.2, -0.15) is 11.8 Å². The van der Waals surface area contributed by atoms with Crippen LogP contribution in [0.5, 0.6) is 0 Å². The van der Waals surface area contributed by atoms with Crippen LogP contribution in [-0.2, 0) is 15.3 Å². The Balaban J connectivity index is 1.28. The van der Waals surface area contributed by atoms with Crippen LogP contribution in [0.4, 0.5) is 0 Å². The van der Waals surface area contributed by atoms with Crippen molar-refractivity contribution in [2.24, 2.45) is 11.8 Å². The van der Waals surface area contributed by atoms with Gasteiger partial charge in [-0.25, -0.2) is 0 Å². The van der Waals surface area contributed by atoms with Gasteiger partial charge in [0.25, 0.3) is 0 Å². The fourth-order valence-electron chi connectivity index (χ4n) is 4.34. The van der Waals surface area contributed by atoms with Crippen LogP contribution in [-0.4, -0.2) is 66.6 Å². The molecule has 0 saturated carbocycles. The van der Waals surface area contributed by atoms with E-state index in [4.69, 9.17) is 0 Å². The third-order valence-electron chi connectivity index (χ3n) is 6.23. The number of piperidine rings is 1. The highest BCUT2D eigenvalue weighted by Crippen LogP contribution is 2.21. The Morgan fingerprint density at radius 1 is 1.10 bits per heavy atom. The lowest BCUT2D eigenvalue weighted by atomic mass is 9.95. The second-order valence-electron chi connectivity index (χ2n) is 8.69. The van der Waals surface area contributed by atoms with Crippen LogP contribution in [0.1, 0.15) is 44.6 Å². The predicted octanol–water partition coefficient (Wildman–Crippen LogP) is 3.40. The van der Waals surface area contributed by atoms with Gasteiger partial charge in [-0.3, -0.25) is 9.59 Å². The minimum atomic E-state index is 0.0228. The SMILES string of the molecule is C[C@H](CSCc1ccccc1)C(=O)N1CCC(C(=O)NCCCN2CCCC2)CC1. The monoisotopic (exact) mass is 431 g/mol. The normalized spacial score (nSPS) is 19.0. The summed E-state index contributed by atoms with van der Waals surface area (Å²) < 4.78 is 0. The van der Waals surface area contributed by atoms with Gasteiger partial charge in [-0.05, 0) is 57.3 Å². The number of amides is 2. The van der Waals surface area contributed by atoms with Gasteiger partial charge in [-0.1, -0.05) is 37.3 Å². The van der Waals surface area contributed by atoms with E-state index in [0.717, 1.165) is 43.9 Å². The van der Waals surface area contributed by atoms with Gasteiger partial charge < -0.3 is 15.1 Å². The maximum atomic E-state index is 12.8. The molecule has 0 bridgehead atoms.